The number of halogens is 2. The minimum atomic E-state index is -0.518. The molecule has 0 heterocycles. The number of hydrogen-bond acceptors (Lipinski definition) is 3. The van der Waals surface area contributed by atoms with Gasteiger partial charge in [-0.3, -0.25) is 11.3 Å². The van der Waals surface area contributed by atoms with E-state index in [0.29, 0.717) is 0 Å². The first-order valence-electron chi connectivity index (χ1n) is 5.58. The molecule has 0 saturated carbocycles. The predicted octanol–water partition coefficient (Wildman–Crippen LogP) is 1.29. The zero-order valence-electron chi connectivity index (χ0n) is 10.2. The number of hydrazine groups is 1. The molecule has 0 aliphatic carbocycles. The van der Waals surface area contributed by atoms with Crippen LogP contribution >= 0.6 is 0 Å². The Morgan fingerprint density at radius 2 is 1.88 bits per heavy atom. The molecule has 17 heavy (non-hydrogen) atoms. The van der Waals surface area contributed by atoms with Gasteiger partial charge in [0.25, 0.3) is 0 Å². The van der Waals surface area contributed by atoms with Crippen LogP contribution in [0, 0.1) is 11.6 Å². The molecule has 0 fully saturated rings. The Hall–Kier alpha value is -1.04. The van der Waals surface area contributed by atoms with Crippen molar-refractivity contribution in [3.05, 3.63) is 35.4 Å². The lowest BCUT2D eigenvalue weighted by atomic mass is 10.0. The lowest BCUT2D eigenvalue weighted by Crippen LogP contribution is -2.39. The largest absolute Gasteiger partial charge is 0.309 e. The highest BCUT2D eigenvalue weighted by molar-refractivity contribution is 5.20. The van der Waals surface area contributed by atoms with E-state index in [1.165, 1.54) is 18.2 Å². The van der Waals surface area contributed by atoms with E-state index < -0.39 is 11.6 Å². The Labute approximate surface area is 101 Å². The lowest BCUT2D eigenvalue weighted by Gasteiger charge is -2.19. The van der Waals surface area contributed by atoms with Crippen molar-refractivity contribution < 1.29 is 8.78 Å². The highest BCUT2D eigenvalue weighted by atomic mass is 19.1. The van der Waals surface area contributed by atoms with Crippen LogP contribution in [0.15, 0.2) is 18.2 Å². The number of rotatable bonds is 6. The van der Waals surface area contributed by atoms with Crippen LogP contribution in [0.1, 0.15) is 12.0 Å². The van der Waals surface area contributed by atoms with Crippen LogP contribution in [0.25, 0.3) is 0 Å². The Balaban J connectivity index is 2.67. The van der Waals surface area contributed by atoms with Gasteiger partial charge in [0, 0.05) is 11.6 Å². The Morgan fingerprint density at radius 1 is 1.29 bits per heavy atom. The van der Waals surface area contributed by atoms with Crippen molar-refractivity contribution in [3.8, 4) is 0 Å². The number of hydrogen-bond donors (Lipinski definition) is 2. The van der Waals surface area contributed by atoms with Gasteiger partial charge in [0.15, 0.2) is 0 Å². The molecule has 0 spiro atoms. The molecular formula is C12H19F2N3. The van der Waals surface area contributed by atoms with Crippen molar-refractivity contribution in [2.75, 3.05) is 20.6 Å². The van der Waals surface area contributed by atoms with Crippen molar-refractivity contribution in [2.45, 2.75) is 18.9 Å². The van der Waals surface area contributed by atoms with E-state index in [1.54, 1.807) is 0 Å². The summed E-state index contributed by atoms with van der Waals surface area (Å²) >= 11 is 0. The number of nitrogens with two attached hydrogens (primary N) is 1. The SMILES string of the molecule is CN(C)CCC(Cc1c(F)cccc1F)NN. The summed E-state index contributed by atoms with van der Waals surface area (Å²) in [6.45, 7) is 0.810. The van der Waals surface area contributed by atoms with Gasteiger partial charge < -0.3 is 4.90 Å². The van der Waals surface area contributed by atoms with E-state index in [9.17, 15) is 8.78 Å². The summed E-state index contributed by atoms with van der Waals surface area (Å²) in [6.07, 6.45) is 0.986. The monoisotopic (exact) mass is 243 g/mol. The van der Waals surface area contributed by atoms with Crippen molar-refractivity contribution in [1.82, 2.24) is 10.3 Å². The fourth-order valence-corrected chi connectivity index (χ4v) is 1.63. The van der Waals surface area contributed by atoms with Crippen LogP contribution in [0.5, 0.6) is 0 Å². The zero-order chi connectivity index (χ0) is 12.8. The van der Waals surface area contributed by atoms with Crippen molar-refractivity contribution in [1.29, 1.82) is 0 Å². The number of nitrogens with one attached hydrogen (secondary N) is 1. The normalized spacial score (nSPS) is 13.1. The van der Waals surface area contributed by atoms with E-state index in [4.69, 9.17) is 5.84 Å². The van der Waals surface area contributed by atoms with E-state index in [2.05, 4.69) is 5.43 Å². The molecule has 0 aromatic heterocycles. The summed E-state index contributed by atoms with van der Waals surface area (Å²) in [4.78, 5) is 2.00. The second-order valence-corrected chi connectivity index (χ2v) is 4.36. The summed E-state index contributed by atoms with van der Waals surface area (Å²) in [5.41, 5.74) is 2.69. The van der Waals surface area contributed by atoms with Crippen molar-refractivity contribution in [3.63, 3.8) is 0 Å². The van der Waals surface area contributed by atoms with Crippen molar-refractivity contribution >= 4 is 0 Å². The summed E-state index contributed by atoms with van der Waals surface area (Å²) in [5, 5.41) is 0. The molecule has 1 rings (SSSR count). The van der Waals surface area contributed by atoms with Gasteiger partial charge in [-0.1, -0.05) is 6.07 Å². The molecule has 5 heteroatoms. The molecule has 0 aliphatic rings. The summed E-state index contributed by atoms with van der Waals surface area (Å²) in [6, 6.07) is 3.75. The van der Waals surface area contributed by atoms with Crippen molar-refractivity contribution in [2.24, 2.45) is 5.84 Å². The van der Waals surface area contributed by atoms with E-state index in [0.717, 1.165) is 13.0 Å². The quantitative estimate of drug-likeness (QED) is 0.584. The predicted molar refractivity (Wildman–Crippen MR) is 64.3 cm³/mol. The van der Waals surface area contributed by atoms with Gasteiger partial charge in [-0.05, 0) is 45.6 Å². The van der Waals surface area contributed by atoms with Crippen LogP contribution in [0.2, 0.25) is 0 Å². The zero-order valence-corrected chi connectivity index (χ0v) is 10.2. The molecule has 1 unspecified atom stereocenters. The second-order valence-electron chi connectivity index (χ2n) is 4.36. The molecule has 1 atom stereocenters. The number of benzene rings is 1. The smallest absolute Gasteiger partial charge is 0.129 e. The van der Waals surface area contributed by atoms with Gasteiger partial charge in [0.05, 0.1) is 0 Å². The fraction of sp³-hybridized carbons (Fsp3) is 0.500. The first-order chi connectivity index (χ1) is 8.04. The van der Waals surface area contributed by atoms with Gasteiger partial charge in [-0.2, -0.15) is 0 Å². The Bertz CT molecular complexity index is 335. The molecule has 0 saturated heterocycles. The minimum absolute atomic E-state index is 0.0919. The molecule has 0 bridgehead atoms. The number of nitrogens with zero attached hydrogens (tertiary/aromatic N) is 1. The third-order valence-electron chi connectivity index (χ3n) is 2.67. The standard InChI is InChI=1S/C12H19F2N3/c1-17(2)7-6-9(16-15)8-10-11(13)4-3-5-12(10)14/h3-5,9,16H,6-8,15H2,1-2H3. The lowest BCUT2D eigenvalue weighted by molar-refractivity contribution is 0.355. The molecule has 3 nitrogen and oxygen atoms in total. The van der Waals surface area contributed by atoms with Crippen LogP contribution in [-0.4, -0.2) is 31.6 Å². The fourth-order valence-electron chi connectivity index (χ4n) is 1.63. The van der Waals surface area contributed by atoms with Crippen LogP contribution in [-0.2, 0) is 6.42 Å². The van der Waals surface area contributed by atoms with Crippen LogP contribution < -0.4 is 11.3 Å². The van der Waals surface area contributed by atoms with Crippen LogP contribution in [0.3, 0.4) is 0 Å². The Morgan fingerprint density at radius 3 is 2.35 bits per heavy atom. The first kappa shape index (κ1) is 14.0. The maximum atomic E-state index is 13.4. The molecule has 1 aromatic rings. The average molecular weight is 243 g/mol. The minimum Gasteiger partial charge on any atom is -0.309 e. The second kappa shape index (κ2) is 6.64. The molecule has 0 radical (unpaired) electrons. The van der Waals surface area contributed by atoms with Gasteiger partial charge >= 0.3 is 0 Å². The highest BCUT2D eigenvalue weighted by Crippen LogP contribution is 2.15. The summed E-state index contributed by atoms with van der Waals surface area (Å²) < 4.78 is 26.9. The summed E-state index contributed by atoms with van der Waals surface area (Å²) in [7, 11) is 3.88. The Kier molecular flexibility index (Phi) is 5.47. The van der Waals surface area contributed by atoms with Gasteiger partial charge in [0.1, 0.15) is 11.6 Å². The first-order valence-corrected chi connectivity index (χ1v) is 5.58. The maximum Gasteiger partial charge on any atom is 0.129 e. The van der Waals surface area contributed by atoms with Gasteiger partial charge in [0.2, 0.25) is 0 Å². The average Bonchev–Trinajstić information content (AvgIpc) is 2.27. The molecular weight excluding hydrogens is 224 g/mol. The summed E-state index contributed by atoms with van der Waals surface area (Å²) in [5.74, 6) is 4.36. The maximum absolute atomic E-state index is 13.4. The van der Waals surface area contributed by atoms with Gasteiger partial charge in [-0.15, -0.1) is 0 Å². The third kappa shape index (κ3) is 4.38. The van der Waals surface area contributed by atoms with E-state index in [1.807, 2.05) is 19.0 Å². The topological polar surface area (TPSA) is 41.3 Å². The molecule has 0 amide bonds. The van der Waals surface area contributed by atoms with E-state index in [-0.39, 0.29) is 18.0 Å². The van der Waals surface area contributed by atoms with Crippen LogP contribution in [0.4, 0.5) is 8.78 Å². The third-order valence-corrected chi connectivity index (χ3v) is 2.67. The molecule has 96 valence electrons. The molecule has 1 aromatic carbocycles. The van der Waals surface area contributed by atoms with E-state index >= 15 is 0 Å². The molecule has 3 N–H and O–H groups in total. The molecule has 0 aliphatic heterocycles. The highest BCUT2D eigenvalue weighted by Gasteiger charge is 2.14. The van der Waals surface area contributed by atoms with Gasteiger partial charge in [-0.25, -0.2) is 8.78 Å².